The number of ether oxygens (including phenoxy) is 1. The summed E-state index contributed by atoms with van der Waals surface area (Å²) in [4.78, 5) is 36.4. The zero-order chi connectivity index (χ0) is 19.3. The summed E-state index contributed by atoms with van der Waals surface area (Å²) >= 11 is 5.78. The maximum atomic E-state index is 12.2. The highest BCUT2D eigenvalue weighted by atomic mass is 35.5. The number of carbonyl (C=O) groups is 3. The van der Waals surface area contributed by atoms with Crippen molar-refractivity contribution < 1.29 is 19.1 Å². The second-order valence-electron chi connectivity index (χ2n) is 6.05. The molecule has 2 rings (SSSR count). The van der Waals surface area contributed by atoms with Crippen LogP contribution in [0.15, 0.2) is 42.5 Å². The average molecular weight is 374 g/mol. The van der Waals surface area contributed by atoms with E-state index in [0.29, 0.717) is 16.1 Å². The van der Waals surface area contributed by atoms with Crippen molar-refractivity contribution in [3.05, 3.63) is 69.7 Å². The minimum absolute atomic E-state index is 0.282. The summed E-state index contributed by atoms with van der Waals surface area (Å²) in [6.45, 7) is 4.84. The molecule has 0 heterocycles. The highest BCUT2D eigenvalue weighted by Crippen LogP contribution is 2.12. The summed E-state index contributed by atoms with van der Waals surface area (Å²) in [6, 6.07) is 10.9. The van der Waals surface area contributed by atoms with Gasteiger partial charge in [-0.25, -0.2) is 4.79 Å². The molecule has 1 atom stereocenters. The second-order valence-corrected chi connectivity index (χ2v) is 6.49. The number of carbonyl (C=O) groups excluding carboxylic acids is 3. The first-order valence-corrected chi connectivity index (χ1v) is 8.49. The zero-order valence-electron chi connectivity index (χ0n) is 14.8. The normalized spacial score (nSPS) is 11.5. The number of esters is 1. The maximum absolute atomic E-state index is 12.2. The number of nitrogens with one attached hydrogen (secondary N) is 1. The van der Waals surface area contributed by atoms with Crippen LogP contribution in [-0.4, -0.2) is 30.3 Å². The molecule has 2 aromatic carbocycles. The molecule has 0 saturated carbocycles. The van der Waals surface area contributed by atoms with E-state index in [9.17, 15) is 14.4 Å². The van der Waals surface area contributed by atoms with Crippen LogP contribution in [0.1, 0.15) is 38.8 Å². The number of benzene rings is 2. The van der Waals surface area contributed by atoms with Crippen LogP contribution in [0.5, 0.6) is 0 Å². The Morgan fingerprint density at radius 1 is 1.08 bits per heavy atom. The summed E-state index contributed by atoms with van der Waals surface area (Å²) in [6.07, 6.45) is 0. The third-order valence-corrected chi connectivity index (χ3v) is 4.10. The standard InChI is InChI=1S/C20H20ClNO4/c1-12-4-5-13(2)17(10-12)18(23)11-26-20(25)14(3)22-19(24)15-6-8-16(21)9-7-15/h4-10,14H,11H2,1-3H3,(H,22,24)/t14-/m0/s1. The Hall–Kier alpha value is -2.66. The van der Waals surface area contributed by atoms with Crippen molar-refractivity contribution in [2.24, 2.45) is 0 Å². The van der Waals surface area contributed by atoms with E-state index in [0.717, 1.165) is 11.1 Å². The smallest absolute Gasteiger partial charge is 0.328 e. The molecule has 1 amide bonds. The van der Waals surface area contributed by atoms with Gasteiger partial charge in [-0.3, -0.25) is 9.59 Å². The van der Waals surface area contributed by atoms with Crippen LogP contribution in [0.4, 0.5) is 0 Å². The molecule has 0 aliphatic carbocycles. The van der Waals surface area contributed by atoms with Crippen LogP contribution in [0.25, 0.3) is 0 Å². The molecule has 0 aliphatic heterocycles. The van der Waals surface area contributed by atoms with E-state index in [1.807, 2.05) is 26.0 Å². The Kier molecular flexibility index (Phi) is 6.52. The van der Waals surface area contributed by atoms with Gasteiger partial charge in [-0.1, -0.05) is 29.3 Å². The van der Waals surface area contributed by atoms with Crippen molar-refractivity contribution in [3.8, 4) is 0 Å². The third-order valence-electron chi connectivity index (χ3n) is 3.85. The topological polar surface area (TPSA) is 72.5 Å². The molecule has 5 nitrogen and oxygen atoms in total. The van der Waals surface area contributed by atoms with Crippen molar-refractivity contribution in [2.45, 2.75) is 26.8 Å². The fourth-order valence-electron chi connectivity index (χ4n) is 2.32. The Bertz CT molecular complexity index is 830. The average Bonchev–Trinajstić information content (AvgIpc) is 2.61. The summed E-state index contributed by atoms with van der Waals surface area (Å²) in [7, 11) is 0. The molecule has 0 fully saturated rings. The van der Waals surface area contributed by atoms with Gasteiger partial charge in [0.05, 0.1) is 0 Å². The fourth-order valence-corrected chi connectivity index (χ4v) is 2.44. The van der Waals surface area contributed by atoms with E-state index in [2.05, 4.69) is 5.32 Å². The SMILES string of the molecule is Cc1ccc(C)c(C(=O)COC(=O)[C@H](C)NC(=O)c2ccc(Cl)cc2)c1. The van der Waals surface area contributed by atoms with Crippen molar-refractivity contribution in [1.29, 1.82) is 0 Å². The molecule has 6 heteroatoms. The Labute approximate surface area is 157 Å². The highest BCUT2D eigenvalue weighted by molar-refractivity contribution is 6.30. The monoisotopic (exact) mass is 373 g/mol. The zero-order valence-corrected chi connectivity index (χ0v) is 15.6. The van der Waals surface area contributed by atoms with Crippen LogP contribution in [0, 0.1) is 13.8 Å². The molecule has 0 aliphatic rings. The molecular weight excluding hydrogens is 354 g/mol. The molecule has 0 bridgehead atoms. The molecule has 1 N–H and O–H groups in total. The highest BCUT2D eigenvalue weighted by Gasteiger charge is 2.20. The lowest BCUT2D eigenvalue weighted by Crippen LogP contribution is -2.40. The van der Waals surface area contributed by atoms with E-state index in [1.165, 1.54) is 6.92 Å². The van der Waals surface area contributed by atoms with Gasteiger partial charge in [0.2, 0.25) is 5.78 Å². The Morgan fingerprint density at radius 3 is 2.38 bits per heavy atom. The van der Waals surface area contributed by atoms with Gasteiger partial charge in [0.25, 0.3) is 5.91 Å². The predicted molar refractivity (Wildman–Crippen MR) is 99.6 cm³/mol. The van der Waals surface area contributed by atoms with Crippen molar-refractivity contribution in [3.63, 3.8) is 0 Å². The summed E-state index contributed by atoms with van der Waals surface area (Å²) < 4.78 is 5.05. The van der Waals surface area contributed by atoms with Gasteiger partial charge in [0, 0.05) is 16.1 Å². The maximum Gasteiger partial charge on any atom is 0.328 e. The summed E-state index contributed by atoms with van der Waals surface area (Å²) in [5.74, 6) is -1.38. The lowest BCUT2D eigenvalue weighted by Gasteiger charge is -2.13. The molecule has 0 aromatic heterocycles. The molecule has 0 saturated heterocycles. The van der Waals surface area contributed by atoms with Gasteiger partial charge in [-0.15, -0.1) is 0 Å². The van der Waals surface area contributed by atoms with Gasteiger partial charge in [0.15, 0.2) is 6.61 Å². The number of amides is 1. The summed E-state index contributed by atoms with van der Waals surface area (Å²) in [5.41, 5.74) is 2.67. The van der Waals surface area contributed by atoms with Crippen molar-refractivity contribution in [2.75, 3.05) is 6.61 Å². The van der Waals surface area contributed by atoms with Crippen LogP contribution < -0.4 is 5.32 Å². The summed E-state index contributed by atoms with van der Waals surface area (Å²) in [5, 5.41) is 3.04. The number of halogens is 1. The number of rotatable bonds is 6. The number of Topliss-reactive ketones (excluding diaryl/α,β-unsaturated/α-hetero) is 1. The Morgan fingerprint density at radius 2 is 1.73 bits per heavy atom. The van der Waals surface area contributed by atoms with Gasteiger partial charge < -0.3 is 10.1 Å². The fraction of sp³-hybridized carbons (Fsp3) is 0.250. The lowest BCUT2D eigenvalue weighted by atomic mass is 10.0. The third kappa shape index (κ3) is 5.17. The van der Waals surface area contributed by atoms with Crippen molar-refractivity contribution in [1.82, 2.24) is 5.32 Å². The van der Waals surface area contributed by atoms with E-state index in [-0.39, 0.29) is 12.4 Å². The van der Waals surface area contributed by atoms with E-state index in [1.54, 1.807) is 30.3 Å². The first kappa shape index (κ1) is 19.7. The minimum Gasteiger partial charge on any atom is -0.456 e. The van der Waals surface area contributed by atoms with Crippen molar-refractivity contribution >= 4 is 29.3 Å². The van der Waals surface area contributed by atoms with Gasteiger partial charge >= 0.3 is 5.97 Å². The first-order chi connectivity index (χ1) is 12.3. The van der Waals surface area contributed by atoms with Crippen LogP contribution in [-0.2, 0) is 9.53 Å². The van der Waals surface area contributed by atoms with E-state index < -0.39 is 17.9 Å². The quantitative estimate of drug-likeness (QED) is 0.621. The van der Waals surface area contributed by atoms with Crippen LogP contribution in [0.2, 0.25) is 5.02 Å². The van der Waals surface area contributed by atoms with Gasteiger partial charge in [0.1, 0.15) is 6.04 Å². The van der Waals surface area contributed by atoms with Gasteiger partial charge in [-0.2, -0.15) is 0 Å². The molecule has 0 radical (unpaired) electrons. The van der Waals surface area contributed by atoms with Crippen LogP contribution in [0.3, 0.4) is 0 Å². The molecule has 136 valence electrons. The minimum atomic E-state index is -0.885. The number of hydrogen-bond acceptors (Lipinski definition) is 4. The number of hydrogen-bond donors (Lipinski definition) is 1. The van der Waals surface area contributed by atoms with E-state index >= 15 is 0 Å². The molecule has 0 unspecified atom stereocenters. The lowest BCUT2D eigenvalue weighted by molar-refractivity contribution is -0.144. The van der Waals surface area contributed by atoms with Crippen LogP contribution >= 0.6 is 11.6 Å². The first-order valence-electron chi connectivity index (χ1n) is 8.11. The Balaban J connectivity index is 1.90. The predicted octanol–water partition coefficient (Wildman–Crippen LogP) is 3.50. The number of aryl methyl sites for hydroxylation is 2. The largest absolute Gasteiger partial charge is 0.456 e. The second kappa shape index (κ2) is 8.63. The van der Waals surface area contributed by atoms with Gasteiger partial charge in [-0.05, 0) is 56.7 Å². The number of ketones is 1. The molecule has 2 aromatic rings. The molecular formula is C20H20ClNO4. The molecule has 0 spiro atoms. The van der Waals surface area contributed by atoms with E-state index in [4.69, 9.17) is 16.3 Å². The molecule has 26 heavy (non-hydrogen) atoms.